The zero-order valence-electron chi connectivity index (χ0n) is 15.6. The van der Waals surface area contributed by atoms with Gasteiger partial charge in [0.25, 0.3) is 0 Å². The minimum Gasteiger partial charge on any atom is -0.497 e. The van der Waals surface area contributed by atoms with Crippen LogP contribution in [0, 0.1) is 0 Å². The van der Waals surface area contributed by atoms with Gasteiger partial charge in [-0.1, -0.05) is 12.2 Å². The molecule has 1 N–H and O–H groups in total. The van der Waals surface area contributed by atoms with E-state index in [0.29, 0.717) is 11.1 Å². The highest BCUT2D eigenvalue weighted by Gasteiger charge is 2.07. The Bertz CT molecular complexity index is 729. The largest absolute Gasteiger partial charge is 0.497 e. The Kier molecular flexibility index (Phi) is 3.42. The lowest BCUT2D eigenvalue weighted by molar-refractivity contribution is 0.340. The molecule has 0 saturated heterocycles. The molecule has 0 aliphatic carbocycles. The first-order chi connectivity index (χ1) is 11.3. The summed E-state index contributed by atoms with van der Waals surface area (Å²) in [6, 6.07) is 5.27. The van der Waals surface area contributed by atoms with Gasteiger partial charge in [-0.2, -0.15) is 0 Å². The van der Waals surface area contributed by atoms with Crippen molar-refractivity contribution in [3.8, 4) is 5.75 Å². The number of fused-ring (bicyclic) bond motifs is 1. The number of hydrogen-bond donors (Lipinski definition) is 1. The van der Waals surface area contributed by atoms with E-state index in [1.165, 1.54) is 18.2 Å². The molecule has 1 aromatic heterocycles. The first kappa shape index (κ1) is 9.83. The van der Waals surface area contributed by atoms with E-state index in [1.54, 1.807) is 30.4 Å². The molecular formula is C17H22N2O. The number of methoxy groups -OCH3 is 1. The van der Waals surface area contributed by atoms with Gasteiger partial charge in [-0.25, -0.2) is 0 Å². The van der Waals surface area contributed by atoms with Crippen molar-refractivity contribution < 1.29 is 10.2 Å². The number of rotatable bonds is 8. The van der Waals surface area contributed by atoms with Crippen LogP contribution in [0.1, 0.15) is 11.0 Å². The van der Waals surface area contributed by atoms with Crippen LogP contribution in [0.2, 0.25) is 0 Å². The average Bonchev–Trinajstić information content (AvgIpc) is 2.97. The van der Waals surface area contributed by atoms with Crippen LogP contribution in [-0.2, 0) is 6.37 Å². The summed E-state index contributed by atoms with van der Waals surface area (Å²) < 4.78 is 39.1. The maximum absolute atomic E-state index is 8.50. The molecule has 1 aromatic carbocycles. The molecule has 0 spiro atoms. The first-order valence-corrected chi connectivity index (χ1v) is 6.42. The van der Waals surface area contributed by atoms with E-state index < -0.39 is 12.9 Å². The molecule has 2 aromatic rings. The zero-order chi connectivity index (χ0) is 18.0. The Labute approximate surface area is 126 Å². The Balaban J connectivity index is 2.55. The van der Waals surface area contributed by atoms with Crippen LogP contribution in [0.25, 0.3) is 10.9 Å². The summed E-state index contributed by atoms with van der Waals surface area (Å²) in [4.78, 5) is 4.37. The molecule has 0 aliphatic heterocycles. The maximum atomic E-state index is 8.50. The highest BCUT2D eigenvalue weighted by Crippen LogP contribution is 2.24. The van der Waals surface area contributed by atoms with Crippen molar-refractivity contribution in [3.63, 3.8) is 0 Å². The molecule has 3 heteroatoms. The Morgan fingerprint density at radius 2 is 2.10 bits per heavy atom. The van der Waals surface area contributed by atoms with Gasteiger partial charge in [0.15, 0.2) is 0 Å². The predicted octanol–water partition coefficient (Wildman–Crippen LogP) is 3.39. The topological polar surface area (TPSA) is 28.3 Å². The van der Waals surface area contributed by atoms with E-state index in [2.05, 4.69) is 18.1 Å². The molecule has 3 nitrogen and oxygen atoms in total. The van der Waals surface area contributed by atoms with Gasteiger partial charge < -0.3 is 9.72 Å². The molecule has 0 aliphatic rings. The Morgan fingerprint density at radius 3 is 2.75 bits per heavy atom. The second-order valence-corrected chi connectivity index (χ2v) is 4.33. The summed E-state index contributed by atoms with van der Waals surface area (Å²) in [5, 5.41) is 0.598. The number of hydrogen-bond acceptors (Lipinski definition) is 2. The number of ether oxygens (including phenoxy) is 1. The summed E-state index contributed by atoms with van der Waals surface area (Å²) in [6.07, 6.45) is 2.36. The molecule has 0 atom stereocenters. The lowest BCUT2D eigenvalue weighted by Gasteiger charge is -2.18. The molecule has 0 fully saturated rings. The molecule has 0 saturated carbocycles. The second kappa shape index (κ2) is 6.96. The first-order valence-electron chi connectivity index (χ1n) is 8.42. The van der Waals surface area contributed by atoms with E-state index in [0.717, 1.165) is 5.52 Å². The molecule has 106 valence electrons. The summed E-state index contributed by atoms with van der Waals surface area (Å²) in [5.41, 5.74) is 0.976. The van der Waals surface area contributed by atoms with Gasteiger partial charge in [0.05, 0.1) is 7.11 Å². The minimum absolute atomic E-state index is 0.213. The van der Waals surface area contributed by atoms with Crippen LogP contribution >= 0.6 is 0 Å². The smallest absolute Gasteiger partial charge is 0.119 e. The van der Waals surface area contributed by atoms with Gasteiger partial charge >= 0.3 is 0 Å². The Morgan fingerprint density at radius 1 is 1.35 bits per heavy atom. The van der Waals surface area contributed by atoms with E-state index in [1.807, 2.05) is 0 Å². The highest BCUT2D eigenvalue weighted by molar-refractivity contribution is 5.84. The summed E-state index contributed by atoms with van der Waals surface area (Å²) >= 11 is 0. The fourth-order valence-electron chi connectivity index (χ4n) is 1.95. The third-order valence-electron chi connectivity index (χ3n) is 2.94. The monoisotopic (exact) mass is 274 g/mol. The van der Waals surface area contributed by atoms with Crippen LogP contribution in [-0.4, -0.2) is 36.6 Å². The number of aromatic amines is 1. The van der Waals surface area contributed by atoms with Crippen molar-refractivity contribution in [2.45, 2.75) is 6.37 Å². The van der Waals surface area contributed by atoms with E-state index in [4.69, 9.17) is 10.2 Å². The number of aromatic nitrogens is 1. The van der Waals surface area contributed by atoms with Gasteiger partial charge in [0, 0.05) is 42.2 Å². The normalized spacial score (nSPS) is 15.3. The number of aryl methyl sites for hydroxylation is 1. The quantitative estimate of drug-likeness (QED) is 0.747. The third kappa shape index (κ3) is 3.31. The van der Waals surface area contributed by atoms with Crippen molar-refractivity contribution >= 4 is 10.9 Å². The van der Waals surface area contributed by atoms with E-state index >= 15 is 0 Å². The standard InChI is InChI=1S/C17H22N2O/c1-4-9-19(10-5-2)11-8-14-13-18-17-7-6-15(20-3)12-16(14)17/h4-7,12-13,18H,1-2,8-11H2,3H3/i8D2,11D2. The van der Waals surface area contributed by atoms with Crippen LogP contribution in [0.4, 0.5) is 0 Å². The molecule has 1 heterocycles. The molecular weight excluding hydrogens is 248 g/mol. The maximum Gasteiger partial charge on any atom is 0.119 e. The number of nitrogens with one attached hydrogen (secondary N) is 1. The zero-order valence-corrected chi connectivity index (χ0v) is 11.6. The summed E-state index contributed by atoms with van der Waals surface area (Å²) in [5.74, 6) is 0.591. The lowest BCUT2D eigenvalue weighted by Crippen LogP contribution is -2.26. The molecule has 0 amide bonds. The van der Waals surface area contributed by atoms with Gasteiger partial charge in [-0.05, 0) is 30.1 Å². The van der Waals surface area contributed by atoms with E-state index in [-0.39, 0.29) is 18.7 Å². The lowest BCUT2D eigenvalue weighted by atomic mass is 10.1. The summed E-state index contributed by atoms with van der Waals surface area (Å²) in [6.45, 7) is 5.42. The fraction of sp³-hybridized carbons (Fsp3) is 0.294. The Hall–Kier alpha value is -2.00. The molecule has 0 bridgehead atoms. The fourth-order valence-corrected chi connectivity index (χ4v) is 1.95. The SMILES string of the molecule is [2H]C([2H])(c1c[nH]c2ccc(OC)cc12)C([2H])([2H])N(CC=C)CC=C. The van der Waals surface area contributed by atoms with Gasteiger partial charge in [-0.15, -0.1) is 13.2 Å². The van der Waals surface area contributed by atoms with Crippen molar-refractivity contribution in [2.75, 3.05) is 26.7 Å². The minimum atomic E-state index is -2.26. The van der Waals surface area contributed by atoms with Crippen LogP contribution < -0.4 is 4.74 Å². The van der Waals surface area contributed by atoms with Crippen LogP contribution in [0.15, 0.2) is 49.7 Å². The highest BCUT2D eigenvalue weighted by atomic mass is 16.5. The van der Waals surface area contributed by atoms with Gasteiger partial charge in [0.2, 0.25) is 0 Å². The number of nitrogens with zero attached hydrogens (tertiary/aromatic N) is 1. The molecule has 2 rings (SSSR count). The third-order valence-corrected chi connectivity index (χ3v) is 2.94. The van der Waals surface area contributed by atoms with Gasteiger partial charge in [-0.3, -0.25) is 4.90 Å². The van der Waals surface area contributed by atoms with Gasteiger partial charge in [0.1, 0.15) is 5.75 Å². The van der Waals surface area contributed by atoms with Crippen LogP contribution in [0.5, 0.6) is 5.75 Å². The van der Waals surface area contributed by atoms with Crippen LogP contribution in [0.3, 0.4) is 0 Å². The molecule has 0 radical (unpaired) electrons. The van der Waals surface area contributed by atoms with Crippen molar-refractivity contribution in [1.29, 1.82) is 0 Å². The van der Waals surface area contributed by atoms with E-state index in [9.17, 15) is 0 Å². The van der Waals surface area contributed by atoms with Crippen molar-refractivity contribution in [2.24, 2.45) is 0 Å². The number of benzene rings is 1. The van der Waals surface area contributed by atoms with Crippen molar-refractivity contribution in [3.05, 3.63) is 55.3 Å². The second-order valence-electron chi connectivity index (χ2n) is 4.33. The van der Waals surface area contributed by atoms with Crippen molar-refractivity contribution in [1.82, 2.24) is 9.88 Å². The average molecular weight is 274 g/mol. The summed E-state index contributed by atoms with van der Waals surface area (Å²) in [7, 11) is 1.54. The molecule has 0 unspecified atom stereocenters. The number of H-pyrrole nitrogens is 1. The predicted molar refractivity (Wildman–Crippen MR) is 85.4 cm³/mol. The molecule has 20 heavy (non-hydrogen) atoms.